The number of rotatable bonds is 5. The lowest BCUT2D eigenvalue weighted by Crippen LogP contribution is -2.35. The van der Waals surface area contributed by atoms with Gasteiger partial charge in [-0.1, -0.05) is 19.8 Å². The smallest absolute Gasteiger partial charge is 0.241 e. The van der Waals surface area contributed by atoms with Crippen LogP contribution in [0, 0.1) is 6.92 Å². The fourth-order valence-electron chi connectivity index (χ4n) is 1.39. The Bertz CT molecular complexity index is 352. The van der Waals surface area contributed by atoms with E-state index in [0.29, 0.717) is 0 Å². The second kappa shape index (κ2) is 6.23. The molecule has 4 nitrogen and oxygen atoms in total. The Morgan fingerprint density at radius 1 is 1.62 bits per heavy atom. The van der Waals surface area contributed by atoms with Gasteiger partial charge in [0.25, 0.3) is 0 Å². The highest BCUT2D eigenvalue weighted by Crippen LogP contribution is 2.12. The van der Waals surface area contributed by atoms with Crippen molar-refractivity contribution in [2.24, 2.45) is 5.73 Å². The zero-order valence-corrected chi connectivity index (χ0v) is 9.86. The number of unbranched alkanes of at least 4 members (excludes halogenated alkanes) is 1. The first kappa shape index (κ1) is 12.6. The van der Waals surface area contributed by atoms with Gasteiger partial charge in [0.05, 0.1) is 6.04 Å². The minimum absolute atomic E-state index is 0.122. The van der Waals surface area contributed by atoms with E-state index in [0.717, 1.165) is 30.5 Å². The van der Waals surface area contributed by atoms with Crippen LogP contribution in [-0.2, 0) is 4.79 Å². The van der Waals surface area contributed by atoms with Crippen molar-refractivity contribution in [3.63, 3.8) is 0 Å². The summed E-state index contributed by atoms with van der Waals surface area (Å²) in [5, 5.41) is 2.81. The van der Waals surface area contributed by atoms with Gasteiger partial charge < -0.3 is 11.1 Å². The molecule has 0 spiro atoms. The van der Waals surface area contributed by atoms with Crippen LogP contribution in [0.4, 0.5) is 5.69 Å². The number of aromatic nitrogens is 1. The predicted molar refractivity (Wildman–Crippen MR) is 65.1 cm³/mol. The van der Waals surface area contributed by atoms with E-state index in [1.54, 1.807) is 18.5 Å². The number of aryl methyl sites for hydroxylation is 1. The first-order valence-corrected chi connectivity index (χ1v) is 5.62. The van der Waals surface area contributed by atoms with Crippen molar-refractivity contribution in [2.45, 2.75) is 39.2 Å². The van der Waals surface area contributed by atoms with Crippen molar-refractivity contribution < 1.29 is 4.79 Å². The molecule has 16 heavy (non-hydrogen) atoms. The predicted octanol–water partition coefficient (Wildman–Crippen LogP) is 1.85. The number of amides is 1. The van der Waals surface area contributed by atoms with E-state index in [-0.39, 0.29) is 5.91 Å². The lowest BCUT2D eigenvalue weighted by atomic mass is 10.1. The molecule has 1 aromatic heterocycles. The summed E-state index contributed by atoms with van der Waals surface area (Å²) in [5.41, 5.74) is 7.50. The van der Waals surface area contributed by atoms with Gasteiger partial charge in [0.2, 0.25) is 5.91 Å². The summed E-state index contributed by atoms with van der Waals surface area (Å²) in [5.74, 6) is -0.122. The van der Waals surface area contributed by atoms with Gasteiger partial charge in [0.1, 0.15) is 0 Å². The van der Waals surface area contributed by atoms with Gasteiger partial charge >= 0.3 is 0 Å². The van der Waals surface area contributed by atoms with Crippen LogP contribution < -0.4 is 11.1 Å². The average Bonchev–Trinajstić information content (AvgIpc) is 2.28. The number of hydrogen-bond acceptors (Lipinski definition) is 3. The summed E-state index contributed by atoms with van der Waals surface area (Å²) in [4.78, 5) is 15.7. The lowest BCUT2D eigenvalue weighted by molar-refractivity contribution is -0.117. The quantitative estimate of drug-likeness (QED) is 0.797. The first-order chi connectivity index (χ1) is 7.65. The molecule has 1 amide bonds. The second-order valence-electron chi connectivity index (χ2n) is 3.93. The number of anilines is 1. The normalized spacial score (nSPS) is 12.2. The molecule has 1 heterocycles. The molecule has 0 radical (unpaired) electrons. The average molecular weight is 221 g/mol. The summed E-state index contributed by atoms with van der Waals surface area (Å²) in [6.07, 6.45) is 6.12. The van der Waals surface area contributed by atoms with Gasteiger partial charge in [0.15, 0.2) is 0 Å². The van der Waals surface area contributed by atoms with Crippen molar-refractivity contribution in [2.75, 3.05) is 5.32 Å². The Kier molecular flexibility index (Phi) is 4.92. The van der Waals surface area contributed by atoms with E-state index >= 15 is 0 Å². The van der Waals surface area contributed by atoms with Crippen LogP contribution in [0.25, 0.3) is 0 Å². The van der Waals surface area contributed by atoms with Crippen LogP contribution in [0.3, 0.4) is 0 Å². The van der Waals surface area contributed by atoms with Crippen LogP contribution in [0.15, 0.2) is 18.5 Å². The second-order valence-corrected chi connectivity index (χ2v) is 3.93. The number of carbonyl (C=O) groups is 1. The van der Waals surface area contributed by atoms with Gasteiger partial charge in [-0.3, -0.25) is 9.78 Å². The molecule has 0 aliphatic carbocycles. The van der Waals surface area contributed by atoms with Crippen molar-refractivity contribution in [3.05, 3.63) is 24.0 Å². The number of nitrogens with zero attached hydrogens (tertiary/aromatic N) is 1. The van der Waals surface area contributed by atoms with Crippen LogP contribution in [-0.4, -0.2) is 16.9 Å². The SMILES string of the molecule is CCCC[C@H](N)C(=O)Nc1ccncc1C. The van der Waals surface area contributed by atoms with E-state index in [1.165, 1.54) is 0 Å². The highest BCUT2D eigenvalue weighted by atomic mass is 16.2. The summed E-state index contributed by atoms with van der Waals surface area (Å²) in [6.45, 7) is 3.98. The molecule has 0 fully saturated rings. The van der Waals surface area contributed by atoms with E-state index in [1.807, 2.05) is 6.92 Å². The highest BCUT2D eigenvalue weighted by molar-refractivity contribution is 5.95. The molecule has 0 bridgehead atoms. The zero-order chi connectivity index (χ0) is 12.0. The summed E-state index contributed by atoms with van der Waals surface area (Å²) >= 11 is 0. The molecule has 1 atom stereocenters. The van der Waals surface area contributed by atoms with E-state index in [4.69, 9.17) is 5.73 Å². The Labute approximate surface area is 96.3 Å². The lowest BCUT2D eigenvalue weighted by Gasteiger charge is -2.12. The molecule has 1 rings (SSSR count). The van der Waals surface area contributed by atoms with Crippen molar-refractivity contribution in [1.29, 1.82) is 0 Å². The number of pyridine rings is 1. The van der Waals surface area contributed by atoms with Gasteiger partial charge in [0, 0.05) is 18.1 Å². The fraction of sp³-hybridized carbons (Fsp3) is 0.500. The maximum Gasteiger partial charge on any atom is 0.241 e. The van der Waals surface area contributed by atoms with E-state index < -0.39 is 6.04 Å². The first-order valence-electron chi connectivity index (χ1n) is 5.62. The Morgan fingerprint density at radius 2 is 2.38 bits per heavy atom. The Balaban J connectivity index is 2.54. The van der Waals surface area contributed by atoms with Crippen LogP contribution in [0.1, 0.15) is 31.7 Å². The van der Waals surface area contributed by atoms with Crippen molar-refractivity contribution >= 4 is 11.6 Å². The van der Waals surface area contributed by atoms with Gasteiger partial charge in [-0.05, 0) is 25.0 Å². The molecule has 0 saturated carbocycles. The van der Waals surface area contributed by atoms with Crippen LogP contribution in [0.5, 0.6) is 0 Å². The molecule has 0 aliphatic rings. The topological polar surface area (TPSA) is 68.0 Å². The standard InChI is InChI=1S/C12H19N3O/c1-3-4-5-10(13)12(16)15-11-6-7-14-8-9(11)2/h6-8,10H,3-5,13H2,1-2H3,(H,14,15,16)/t10-/m0/s1. The molecule has 3 N–H and O–H groups in total. The summed E-state index contributed by atoms with van der Waals surface area (Å²) in [6, 6.07) is 1.35. The van der Waals surface area contributed by atoms with E-state index in [2.05, 4.69) is 17.2 Å². The number of nitrogens with one attached hydrogen (secondary N) is 1. The Morgan fingerprint density at radius 3 is 3.00 bits per heavy atom. The maximum absolute atomic E-state index is 11.7. The van der Waals surface area contributed by atoms with Crippen molar-refractivity contribution in [3.8, 4) is 0 Å². The number of nitrogens with two attached hydrogens (primary N) is 1. The van der Waals surface area contributed by atoms with Crippen molar-refractivity contribution in [1.82, 2.24) is 4.98 Å². The highest BCUT2D eigenvalue weighted by Gasteiger charge is 2.13. The molecule has 0 saturated heterocycles. The Hall–Kier alpha value is -1.42. The van der Waals surface area contributed by atoms with Crippen LogP contribution >= 0.6 is 0 Å². The monoisotopic (exact) mass is 221 g/mol. The molecule has 0 aromatic carbocycles. The summed E-state index contributed by atoms with van der Waals surface area (Å²) < 4.78 is 0. The summed E-state index contributed by atoms with van der Waals surface area (Å²) in [7, 11) is 0. The molecular weight excluding hydrogens is 202 g/mol. The third-order valence-corrected chi connectivity index (χ3v) is 2.48. The zero-order valence-electron chi connectivity index (χ0n) is 9.86. The molecule has 0 unspecified atom stereocenters. The maximum atomic E-state index is 11.7. The minimum Gasteiger partial charge on any atom is -0.324 e. The van der Waals surface area contributed by atoms with Gasteiger partial charge in [-0.25, -0.2) is 0 Å². The van der Waals surface area contributed by atoms with Gasteiger partial charge in [-0.2, -0.15) is 0 Å². The minimum atomic E-state index is -0.424. The third-order valence-electron chi connectivity index (χ3n) is 2.48. The third kappa shape index (κ3) is 3.62. The fourth-order valence-corrected chi connectivity index (χ4v) is 1.39. The van der Waals surface area contributed by atoms with E-state index in [9.17, 15) is 4.79 Å². The largest absolute Gasteiger partial charge is 0.324 e. The molecular formula is C12H19N3O. The molecule has 0 aliphatic heterocycles. The van der Waals surface area contributed by atoms with Crippen LogP contribution in [0.2, 0.25) is 0 Å². The number of carbonyl (C=O) groups excluding carboxylic acids is 1. The molecule has 88 valence electrons. The number of hydrogen-bond donors (Lipinski definition) is 2. The molecule has 4 heteroatoms. The molecule has 1 aromatic rings. The van der Waals surface area contributed by atoms with Gasteiger partial charge in [-0.15, -0.1) is 0 Å².